The summed E-state index contributed by atoms with van der Waals surface area (Å²) in [6.07, 6.45) is 2.34. The first-order valence-corrected chi connectivity index (χ1v) is 13.0. The first-order valence-electron chi connectivity index (χ1n) is 10.0. The summed E-state index contributed by atoms with van der Waals surface area (Å²) in [6.45, 7) is 3.67. The van der Waals surface area contributed by atoms with Gasteiger partial charge in [0, 0.05) is 23.8 Å². The molecule has 0 unspecified atom stereocenters. The summed E-state index contributed by atoms with van der Waals surface area (Å²) in [7, 11) is 1.60. The second-order valence-corrected chi connectivity index (χ2v) is 10.3. The van der Waals surface area contributed by atoms with Gasteiger partial charge in [-0.05, 0) is 112 Å². The molecule has 0 atom stereocenters. The van der Waals surface area contributed by atoms with Gasteiger partial charge in [0.15, 0.2) is 11.5 Å². The molecule has 2 aromatic rings. The van der Waals surface area contributed by atoms with E-state index < -0.39 is 0 Å². The molecular weight excluding hydrogens is 656 g/mol. The molecule has 1 aliphatic heterocycles. The topological polar surface area (TPSA) is 65.1 Å². The number of amides is 2. The Kier molecular flexibility index (Phi) is 9.68. The van der Waals surface area contributed by atoms with Crippen LogP contribution in [0.2, 0.25) is 0 Å². The van der Waals surface area contributed by atoms with Crippen LogP contribution in [0, 0.1) is 7.14 Å². The van der Waals surface area contributed by atoms with Gasteiger partial charge < -0.3 is 14.2 Å². The van der Waals surface area contributed by atoms with Gasteiger partial charge in [-0.25, -0.2) is 0 Å². The molecule has 3 rings (SSSR count). The van der Waals surface area contributed by atoms with E-state index in [0.717, 1.165) is 26.5 Å². The lowest BCUT2D eigenvalue weighted by molar-refractivity contribution is -0.122. The van der Waals surface area contributed by atoms with Gasteiger partial charge in [-0.3, -0.25) is 14.5 Å². The summed E-state index contributed by atoms with van der Waals surface area (Å²) in [4.78, 5) is 26.6. The fraction of sp³-hybridized carbons (Fsp3) is 0.304. The van der Waals surface area contributed by atoms with Crippen molar-refractivity contribution in [1.29, 1.82) is 0 Å². The number of ether oxygens (including phenoxy) is 3. The normalized spacial score (nSPS) is 15.0. The number of benzene rings is 2. The summed E-state index contributed by atoms with van der Waals surface area (Å²) in [5.41, 5.74) is 1.84. The first kappa shape index (κ1) is 25.3. The van der Waals surface area contributed by atoms with Crippen LogP contribution >= 0.6 is 56.9 Å². The minimum absolute atomic E-state index is 0.255. The monoisotopic (exact) mass is 679 g/mol. The summed E-state index contributed by atoms with van der Waals surface area (Å²) in [6, 6.07) is 11.9. The van der Waals surface area contributed by atoms with Crippen LogP contribution in [0.15, 0.2) is 41.3 Å². The second-order valence-electron chi connectivity index (χ2n) is 6.86. The Morgan fingerprint density at radius 2 is 1.84 bits per heavy atom. The van der Waals surface area contributed by atoms with Crippen molar-refractivity contribution in [2.75, 3.05) is 26.9 Å². The maximum Gasteiger partial charge on any atom is 0.293 e. The third-order valence-corrected chi connectivity index (χ3v) is 6.96. The maximum absolute atomic E-state index is 12.7. The van der Waals surface area contributed by atoms with Gasteiger partial charge in [0.1, 0.15) is 6.61 Å². The highest BCUT2D eigenvalue weighted by molar-refractivity contribution is 14.1. The highest BCUT2D eigenvalue weighted by Gasteiger charge is 2.34. The number of thioether (sulfide) groups is 1. The molecule has 0 aromatic heterocycles. The lowest BCUT2D eigenvalue weighted by atomic mass is 10.1. The molecule has 0 N–H and O–H groups in total. The van der Waals surface area contributed by atoms with Crippen molar-refractivity contribution in [3.05, 3.63) is 59.6 Å². The van der Waals surface area contributed by atoms with E-state index in [2.05, 4.69) is 45.2 Å². The van der Waals surface area contributed by atoms with Crippen LogP contribution in [0.3, 0.4) is 0 Å². The quantitative estimate of drug-likeness (QED) is 0.176. The lowest BCUT2D eigenvalue weighted by Crippen LogP contribution is -2.29. The zero-order valence-corrected chi connectivity index (χ0v) is 22.9. The molecule has 2 aromatic carbocycles. The van der Waals surface area contributed by atoms with Crippen molar-refractivity contribution in [3.63, 3.8) is 0 Å². The van der Waals surface area contributed by atoms with E-state index in [1.807, 2.05) is 43.3 Å². The van der Waals surface area contributed by atoms with Crippen molar-refractivity contribution in [2.24, 2.45) is 0 Å². The number of rotatable bonds is 10. The number of hydrogen-bond acceptors (Lipinski definition) is 6. The van der Waals surface area contributed by atoms with Gasteiger partial charge in [0.2, 0.25) is 0 Å². The van der Waals surface area contributed by atoms with Crippen LogP contribution in [0.25, 0.3) is 6.08 Å². The fourth-order valence-electron chi connectivity index (χ4n) is 3.02. The van der Waals surface area contributed by atoms with Crippen LogP contribution in [0.1, 0.15) is 24.5 Å². The molecule has 0 aliphatic carbocycles. The number of nitrogens with zero attached hydrogens (tertiary/aromatic N) is 1. The molecule has 0 spiro atoms. The van der Waals surface area contributed by atoms with Gasteiger partial charge in [-0.2, -0.15) is 0 Å². The Morgan fingerprint density at radius 3 is 2.53 bits per heavy atom. The molecule has 6 nitrogen and oxygen atoms in total. The summed E-state index contributed by atoms with van der Waals surface area (Å²) >= 11 is 5.43. The van der Waals surface area contributed by atoms with Crippen molar-refractivity contribution < 1.29 is 23.8 Å². The molecule has 1 fully saturated rings. The maximum atomic E-state index is 12.7. The lowest BCUT2D eigenvalue weighted by Gasteiger charge is -2.15. The standard InChI is InChI=1S/C23H23I2NO5S/c1-3-30-19-12-16(13-20-22(27)26(23(28)32-20)9-4-10-29-2)11-18(25)21(19)31-14-15-5-7-17(24)8-6-15/h5-8,11-13H,3-4,9-10,14H2,1-2H3/b20-13+. The zero-order valence-electron chi connectivity index (χ0n) is 17.7. The second kappa shape index (κ2) is 12.2. The van der Waals surface area contributed by atoms with E-state index in [9.17, 15) is 9.59 Å². The number of hydrogen-bond donors (Lipinski definition) is 0. The zero-order chi connectivity index (χ0) is 23.1. The Hall–Kier alpha value is -1.31. The van der Waals surface area contributed by atoms with Gasteiger partial charge in [-0.1, -0.05) is 12.1 Å². The number of carbonyl (C=O) groups excluding carboxylic acids is 2. The number of carbonyl (C=O) groups is 2. The van der Waals surface area contributed by atoms with Crippen molar-refractivity contribution in [1.82, 2.24) is 4.90 Å². The number of methoxy groups -OCH3 is 1. The highest BCUT2D eigenvalue weighted by atomic mass is 127. The van der Waals surface area contributed by atoms with Crippen LogP contribution in [-0.2, 0) is 16.1 Å². The first-order chi connectivity index (χ1) is 15.4. The average molecular weight is 679 g/mol. The largest absolute Gasteiger partial charge is 0.490 e. The van der Waals surface area contributed by atoms with Gasteiger partial charge >= 0.3 is 0 Å². The Bertz CT molecular complexity index is 1010. The molecule has 9 heteroatoms. The molecule has 0 bridgehead atoms. The summed E-state index contributed by atoms with van der Waals surface area (Å²) < 4.78 is 18.9. The van der Waals surface area contributed by atoms with Crippen LogP contribution < -0.4 is 9.47 Å². The molecule has 1 heterocycles. The fourth-order valence-corrected chi connectivity index (χ4v) is 5.03. The van der Waals surface area contributed by atoms with Crippen LogP contribution in [0.4, 0.5) is 4.79 Å². The van der Waals surface area contributed by atoms with Crippen molar-refractivity contribution >= 4 is 74.2 Å². The van der Waals surface area contributed by atoms with E-state index in [0.29, 0.717) is 49.2 Å². The Balaban J connectivity index is 1.80. The smallest absolute Gasteiger partial charge is 0.293 e. The molecule has 1 aliphatic rings. The van der Waals surface area contributed by atoms with E-state index in [1.54, 1.807) is 13.2 Å². The Morgan fingerprint density at radius 1 is 1.09 bits per heavy atom. The predicted molar refractivity (Wildman–Crippen MR) is 143 cm³/mol. The minimum atomic E-state index is -0.275. The summed E-state index contributed by atoms with van der Waals surface area (Å²) in [5, 5.41) is -0.255. The van der Waals surface area contributed by atoms with Gasteiger partial charge in [0.05, 0.1) is 15.1 Å². The van der Waals surface area contributed by atoms with Gasteiger partial charge in [-0.15, -0.1) is 0 Å². The van der Waals surface area contributed by atoms with E-state index in [-0.39, 0.29) is 11.1 Å². The van der Waals surface area contributed by atoms with E-state index in [4.69, 9.17) is 14.2 Å². The van der Waals surface area contributed by atoms with Crippen molar-refractivity contribution in [3.8, 4) is 11.5 Å². The summed E-state index contributed by atoms with van der Waals surface area (Å²) in [5.74, 6) is 0.995. The molecule has 1 saturated heterocycles. The Labute approximate surface area is 219 Å². The minimum Gasteiger partial charge on any atom is -0.490 e. The molecular formula is C23H23I2NO5S. The van der Waals surface area contributed by atoms with Crippen LogP contribution in [-0.4, -0.2) is 42.9 Å². The third-order valence-electron chi connectivity index (χ3n) is 4.53. The van der Waals surface area contributed by atoms with E-state index in [1.165, 1.54) is 8.47 Å². The number of halogens is 2. The molecule has 32 heavy (non-hydrogen) atoms. The number of imide groups is 1. The molecule has 0 saturated carbocycles. The SMILES string of the molecule is CCOc1cc(/C=C2/SC(=O)N(CCCOC)C2=O)cc(I)c1OCc1ccc(I)cc1. The third kappa shape index (κ3) is 6.61. The predicted octanol–water partition coefficient (Wildman–Crippen LogP) is 5.95. The highest BCUT2D eigenvalue weighted by Crippen LogP contribution is 2.38. The molecule has 170 valence electrons. The van der Waals surface area contributed by atoms with Gasteiger partial charge in [0.25, 0.3) is 11.1 Å². The van der Waals surface area contributed by atoms with Crippen molar-refractivity contribution in [2.45, 2.75) is 20.0 Å². The van der Waals surface area contributed by atoms with Crippen LogP contribution in [0.5, 0.6) is 11.5 Å². The van der Waals surface area contributed by atoms with E-state index >= 15 is 0 Å². The molecule has 2 amide bonds. The molecule has 0 radical (unpaired) electrons. The average Bonchev–Trinajstić information content (AvgIpc) is 3.02.